The van der Waals surface area contributed by atoms with Gasteiger partial charge in [0.25, 0.3) is 0 Å². The first-order chi connectivity index (χ1) is 15.1. The Morgan fingerprint density at radius 2 is 1.50 bits per heavy atom. The molecule has 0 radical (unpaired) electrons. The average molecular weight is 427 g/mol. The lowest BCUT2D eigenvalue weighted by atomic mass is 9.86. The van der Waals surface area contributed by atoms with Gasteiger partial charge in [0.2, 0.25) is 11.2 Å². The van der Waals surface area contributed by atoms with Crippen LogP contribution >= 0.6 is 0 Å². The van der Waals surface area contributed by atoms with Gasteiger partial charge in [-0.3, -0.25) is 4.79 Å². The molecular weight excluding hydrogens is 396 g/mol. The molecule has 0 aliphatic carbocycles. The highest BCUT2D eigenvalue weighted by molar-refractivity contribution is 5.83. The molecule has 0 saturated heterocycles. The highest BCUT2D eigenvalue weighted by Crippen LogP contribution is 2.34. The van der Waals surface area contributed by atoms with E-state index in [9.17, 15) is 4.79 Å². The van der Waals surface area contributed by atoms with Crippen molar-refractivity contribution in [2.24, 2.45) is 0 Å². The van der Waals surface area contributed by atoms with Crippen molar-refractivity contribution in [3.8, 4) is 17.1 Å². The largest absolute Gasteiger partial charge is 0.481 e. The van der Waals surface area contributed by atoms with E-state index < -0.39 is 0 Å². The molecule has 0 bridgehead atoms. The minimum atomic E-state index is -0.141. The van der Waals surface area contributed by atoms with Gasteiger partial charge in [0.1, 0.15) is 12.2 Å². The van der Waals surface area contributed by atoms with E-state index in [1.807, 2.05) is 69.3 Å². The normalized spacial score (nSPS) is 11.7. The number of fused-ring (bicyclic) bond motifs is 1. The lowest BCUT2D eigenvalue weighted by Gasteiger charge is -2.19. The smallest absolute Gasteiger partial charge is 0.235 e. The summed E-state index contributed by atoms with van der Waals surface area (Å²) in [6.45, 7) is 12.9. The van der Waals surface area contributed by atoms with E-state index in [2.05, 4.69) is 32.9 Å². The predicted molar refractivity (Wildman–Crippen MR) is 132 cm³/mol. The van der Waals surface area contributed by atoms with E-state index in [0.717, 1.165) is 27.8 Å². The molecule has 164 valence electrons. The summed E-state index contributed by atoms with van der Waals surface area (Å²) < 4.78 is 12.5. The summed E-state index contributed by atoms with van der Waals surface area (Å²) in [7, 11) is 0. The third-order valence-electron chi connectivity index (χ3n) is 6.11. The Morgan fingerprint density at radius 1 is 0.844 bits per heavy atom. The first-order valence-electron chi connectivity index (χ1n) is 11.0. The lowest BCUT2D eigenvalue weighted by Crippen LogP contribution is -2.12. The molecule has 0 spiro atoms. The van der Waals surface area contributed by atoms with Crippen molar-refractivity contribution in [1.29, 1.82) is 0 Å². The van der Waals surface area contributed by atoms with Gasteiger partial charge in [0.05, 0.1) is 5.39 Å². The Labute approximate surface area is 189 Å². The topological polar surface area (TPSA) is 39.4 Å². The highest BCUT2D eigenvalue weighted by Gasteiger charge is 2.20. The van der Waals surface area contributed by atoms with E-state index in [-0.39, 0.29) is 16.6 Å². The van der Waals surface area contributed by atoms with Gasteiger partial charge in [-0.15, -0.1) is 0 Å². The van der Waals surface area contributed by atoms with Gasteiger partial charge in [-0.1, -0.05) is 69.3 Å². The minimum Gasteiger partial charge on any atom is -0.481 e. The molecule has 4 rings (SSSR count). The summed E-state index contributed by atoms with van der Waals surface area (Å²) in [6, 6.07) is 20.1. The number of aryl methyl sites for hydroxylation is 3. The molecule has 1 heterocycles. The molecule has 3 aromatic carbocycles. The third kappa shape index (κ3) is 4.20. The van der Waals surface area contributed by atoms with Crippen LogP contribution in [0.4, 0.5) is 0 Å². The summed E-state index contributed by atoms with van der Waals surface area (Å²) in [5.74, 6) is 0.729. The second-order valence-corrected chi connectivity index (χ2v) is 9.56. The zero-order valence-electron chi connectivity index (χ0n) is 19.7. The average Bonchev–Trinajstić information content (AvgIpc) is 2.75. The summed E-state index contributed by atoms with van der Waals surface area (Å²) in [5.41, 5.74) is 6.84. The fourth-order valence-electron chi connectivity index (χ4n) is 3.80. The first-order valence-corrected chi connectivity index (χ1v) is 11.0. The Hall–Kier alpha value is -3.33. The van der Waals surface area contributed by atoms with Crippen LogP contribution < -0.4 is 10.2 Å². The SMILES string of the molecule is Cc1cc2oc(-c3ccc(C(C)(C)C)cc3)c(OCc3ccccc3C)c(=O)c2cc1C. The number of rotatable bonds is 4. The van der Waals surface area contributed by atoms with Gasteiger partial charge in [-0.2, -0.15) is 0 Å². The molecule has 0 fully saturated rings. The lowest BCUT2D eigenvalue weighted by molar-refractivity contribution is 0.297. The van der Waals surface area contributed by atoms with Crippen LogP contribution in [0.3, 0.4) is 0 Å². The molecule has 0 amide bonds. The predicted octanol–water partition coefficient (Wildman–Crippen LogP) is 7.26. The summed E-state index contributed by atoms with van der Waals surface area (Å²) in [4.78, 5) is 13.5. The van der Waals surface area contributed by atoms with Crippen molar-refractivity contribution < 1.29 is 9.15 Å². The summed E-state index contributed by atoms with van der Waals surface area (Å²) in [5, 5.41) is 0.544. The summed E-state index contributed by atoms with van der Waals surface area (Å²) >= 11 is 0. The molecular formula is C29H30O3. The van der Waals surface area contributed by atoms with Crippen molar-refractivity contribution in [2.45, 2.75) is 53.6 Å². The number of hydrogen-bond acceptors (Lipinski definition) is 3. The molecule has 3 nitrogen and oxygen atoms in total. The Balaban J connectivity index is 1.87. The van der Waals surface area contributed by atoms with E-state index in [4.69, 9.17) is 9.15 Å². The van der Waals surface area contributed by atoms with Gasteiger partial charge in [-0.25, -0.2) is 0 Å². The van der Waals surface area contributed by atoms with Gasteiger partial charge in [-0.05, 0) is 66.1 Å². The molecule has 1 aromatic heterocycles. The number of benzene rings is 3. The quantitative estimate of drug-likeness (QED) is 0.345. The van der Waals surface area contributed by atoms with Crippen LogP contribution in [-0.4, -0.2) is 0 Å². The minimum absolute atomic E-state index is 0.0432. The van der Waals surface area contributed by atoms with Crippen molar-refractivity contribution in [3.63, 3.8) is 0 Å². The second-order valence-electron chi connectivity index (χ2n) is 9.56. The molecule has 32 heavy (non-hydrogen) atoms. The van der Waals surface area contributed by atoms with Gasteiger partial charge < -0.3 is 9.15 Å². The van der Waals surface area contributed by atoms with Crippen LogP contribution in [0.1, 0.15) is 48.6 Å². The van der Waals surface area contributed by atoms with E-state index in [1.165, 1.54) is 5.56 Å². The van der Waals surface area contributed by atoms with E-state index >= 15 is 0 Å². The maximum atomic E-state index is 13.5. The van der Waals surface area contributed by atoms with Crippen LogP contribution in [0.15, 0.2) is 69.9 Å². The fraction of sp³-hybridized carbons (Fsp3) is 0.276. The number of ether oxygens (including phenoxy) is 1. The van der Waals surface area contributed by atoms with Crippen molar-refractivity contribution in [2.75, 3.05) is 0 Å². The Kier molecular flexibility index (Phi) is 5.68. The Morgan fingerprint density at radius 3 is 2.16 bits per heavy atom. The fourth-order valence-corrected chi connectivity index (χ4v) is 3.80. The molecule has 0 unspecified atom stereocenters. The summed E-state index contributed by atoms with van der Waals surface area (Å²) in [6.07, 6.45) is 0. The number of hydrogen-bond donors (Lipinski definition) is 0. The standard InChI is InChI=1S/C29H30O3/c1-18-9-7-8-10-22(18)17-31-28-26(30)24-15-19(2)20(3)16-25(24)32-27(28)21-11-13-23(14-12-21)29(4,5)6/h7-16H,17H2,1-6H3. The van der Waals surface area contributed by atoms with Gasteiger partial charge in [0.15, 0.2) is 5.76 Å². The molecule has 0 aliphatic rings. The maximum Gasteiger partial charge on any atom is 0.235 e. The van der Waals surface area contributed by atoms with E-state index in [0.29, 0.717) is 23.3 Å². The second kappa shape index (κ2) is 8.31. The third-order valence-corrected chi connectivity index (χ3v) is 6.11. The Bertz CT molecular complexity index is 1340. The zero-order chi connectivity index (χ0) is 23.0. The monoisotopic (exact) mass is 426 g/mol. The van der Waals surface area contributed by atoms with Crippen LogP contribution in [0.25, 0.3) is 22.3 Å². The van der Waals surface area contributed by atoms with Crippen LogP contribution in [0.5, 0.6) is 5.75 Å². The van der Waals surface area contributed by atoms with Crippen molar-refractivity contribution in [3.05, 3.63) is 98.7 Å². The van der Waals surface area contributed by atoms with Crippen LogP contribution in [0.2, 0.25) is 0 Å². The van der Waals surface area contributed by atoms with Gasteiger partial charge in [0, 0.05) is 5.56 Å². The van der Waals surface area contributed by atoms with Crippen LogP contribution in [0, 0.1) is 20.8 Å². The van der Waals surface area contributed by atoms with Crippen LogP contribution in [-0.2, 0) is 12.0 Å². The first kappa shape index (κ1) is 21.9. The highest BCUT2D eigenvalue weighted by atomic mass is 16.5. The van der Waals surface area contributed by atoms with Crippen molar-refractivity contribution in [1.82, 2.24) is 0 Å². The molecule has 0 aliphatic heterocycles. The molecule has 0 N–H and O–H groups in total. The van der Waals surface area contributed by atoms with E-state index in [1.54, 1.807) is 0 Å². The van der Waals surface area contributed by atoms with Gasteiger partial charge >= 0.3 is 0 Å². The zero-order valence-corrected chi connectivity index (χ0v) is 19.7. The molecule has 0 saturated carbocycles. The molecule has 3 heteroatoms. The molecule has 0 atom stereocenters. The molecule has 4 aromatic rings. The maximum absolute atomic E-state index is 13.5. The van der Waals surface area contributed by atoms with Crippen molar-refractivity contribution >= 4 is 11.0 Å².